The van der Waals surface area contributed by atoms with Gasteiger partial charge in [-0.1, -0.05) is 28.1 Å². The molecule has 1 heterocycles. The van der Waals surface area contributed by atoms with Crippen molar-refractivity contribution in [3.63, 3.8) is 0 Å². The molecule has 0 N–H and O–H groups in total. The second kappa shape index (κ2) is 9.36. The molecule has 0 aromatic heterocycles. The molecule has 0 aliphatic carbocycles. The fraction of sp³-hybridized carbons (Fsp3) is 0.238. The summed E-state index contributed by atoms with van der Waals surface area (Å²) in [6.07, 6.45) is 1.67. The van der Waals surface area contributed by atoms with Gasteiger partial charge >= 0.3 is 0 Å². The topological polar surface area (TPSA) is 55.8 Å². The largest absolute Gasteiger partial charge is 0.495 e. The number of hydrogen-bond donors (Lipinski definition) is 0. The molecule has 0 spiro atoms. The van der Waals surface area contributed by atoms with E-state index in [1.54, 1.807) is 13.2 Å². The zero-order chi connectivity index (χ0) is 21.1. The van der Waals surface area contributed by atoms with Crippen LogP contribution in [0.4, 0.5) is 4.79 Å². The Balaban J connectivity index is 1.73. The first-order valence-electron chi connectivity index (χ1n) is 8.78. The summed E-state index contributed by atoms with van der Waals surface area (Å²) in [6, 6.07) is 9.63. The molecule has 8 heteroatoms. The van der Waals surface area contributed by atoms with Gasteiger partial charge in [0.25, 0.3) is 11.1 Å². The van der Waals surface area contributed by atoms with Gasteiger partial charge in [0.15, 0.2) is 0 Å². The maximum Gasteiger partial charge on any atom is 0.293 e. The van der Waals surface area contributed by atoms with Gasteiger partial charge in [-0.25, -0.2) is 0 Å². The first-order chi connectivity index (χ1) is 13.8. The molecule has 1 saturated heterocycles. The minimum absolute atomic E-state index is 0.189. The molecule has 0 bridgehead atoms. The first kappa shape index (κ1) is 21.9. The van der Waals surface area contributed by atoms with Crippen molar-refractivity contribution in [1.29, 1.82) is 0 Å². The molecule has 1 fully saturated rings. The standard InChI is InChI=1S/C21H19Br2NO4S/c1-12-4-5-13(2)17(8-12)28-7-6-24-20(25)18(29-21(24)26)10-14-9-15(22)11-16(23)19(14)27-3/h4-5,8-11H,6-7H2,1-3H3/b18-10-. The van der Waals surface area contributed by atoms with E-state index >= 15 is 0 Å². The lowest BCUT2D eigenvalue weighted by molar-refractivity contribution is -0.123. The van der Waals surface area contributed by atoms with E-state index in [0.717, 1.165) is 37.6 Å². The minimum Gasteiger partial charge on any atom is -0.495 e. The van der Waals surface area contributed by atoms with E-state index in [1.165, 1.54) is 4.90 Å². The van der Waals surface area contributed by atoms with E-state index in [-0.39, 0.29) is 24.3 Å². The molecule has 0 atom stereocenters. The summed E-state index contributed by atoms with van der Waals surface area (Å²) in [5.74, 6) is 1.03. The normalized spacial score (nSPS) is 15.3. The number of benzene rings is 2. The molecule has 2 aromatic rings. The highest BCUT2D eigenvalue weighted by molar-refractivity contribution is 9.11. The van der Waals surface area contributed by atoms with Gasteiger partial charge in [-0.15, -0.1) is 0 Å². The maximum atomic E-state index is 12.7. The zero-order valence-electron chi connectivity index (χ0n) is 16.1. The van der Waals surface area contributed by atoms with Crippen LogP contribution in [0.2, 0.25) is 0 Å². The number of halogens is 2. The molecule has 1 aliphatic rings. The molecular weight excluding hydrogens is 522 g/mol. The van der Waals surface area contributed by atoms with E-state index in [4.69, 9.17) is 9.47 Å². The number of aryl methyl sites for hydroxylation is 2. The minimum atomic E-state index is -0.331. The number of ether oxygens (including phenoxy) is 2. The summed E-state index contributed by atoms with van der Waals surface area (Å²) in [4.78, 5) is 26.7. The van der Waals surface area contributed by atoms with Crippen LogP contribution in [0.15, 0.2) is 44.2 Å². The van der Waals surface area contributed by atoms with E-state index in [2.05, 4.69) is 31.9 Å². The molecule has 2 aromatic carbocycles. The number of imide groups is 1. The number of thioether (sulfide) groups is 1. The molecule has 0 radical (unpaired) electrons. The Morgan fingerprint density at radius 1 is 1.14 bits per heavy atom. The number of hydrogen-bond acceptors (Lipinski definition) is 5. The van der Waals surface area contributed by atoms with E-state index in [1.807, 2.05) is 44.2 Å². The van der Waals surface area contributed by atoms with E-state index < -0.39 is 0 Å². The van der Waals surface area contributed by atoms with Gasteiger partial charge in [-0.05, 0) is 76.9 Å². The summed E-state index contributed by atoms with van der Waals surface area (Å²) in [7, 11) is 1.56. The summed E-state index contributed by atoms with van der Waals surface area (Å²) in [5.41, 5.74) is 2.80. The van der Waals surface area contributed by atoms with Crippen molar-refractivity contribution in [1.82, 2.24) is 4.90 Å². The van der Waals surface area contributed by atoms with Crippen molar-refractivity contribution in [2.24, 2.45) is 0 Å². The second-order valence-electron chi connectivity index (χ2n) is 6.46. The number of nitrogens with zero attached hydrogens (tertiary/aromatic N) is 1. The second-order valence-corrected chi connectivity index (χ2v) is 9.22. The Kier molecular flexibility index (Phi) is 7.08. The van der Waals surface area contributed by atoms with Crippen molar-refractivity contribution >= 4 is 60.8 Å². The fourth-order valence-corrected chi connectivity index (χ4v) is 5.12. The van der Waals surface area contributed by atoms with Crippen molar-refractivity contribution < 1.29 is 19.1 Å². The van der Waals surface area contributed by atoms with Crippen LogP contribution in [0.1, 0.15) is 16.7 Å². The predicted octanol–water partition coefficient (Wildman–Crippen LogP) is 5.95. The SMILES string of the molecule is COc1c(Br)cc(Br)cc1/C=C1\SC(=O)N(CCOc2cc(C)ccc2C)C1=O. The summed E-state index contributed by atoms with van der Waals surface area (Å²) in [5, 5.41) is -0.307. The van der Waals surface area contributed by atoms with Crippen LogP contribution in [0, 0.1) is 13.8 Å². The predicted molar refractivity (Wildman–Crippen MR) is 122 cm³/mol. The quantitative estimate of drug-likeness (QED) is 0.423. The number of methoxy groups -OCH3 is 1. The number of carbonyl (C=O) groups excluding carboxylic acids is 2. The summed E-state index contributed by atoms with van der Waals surface area (Å²) < 4.78 is 12.8. The molecule has 2 amide bonds. The Bertz CT molecular complexity index is 1010. The van der Waals surface area contributed by atoms with Crippen LogP contribution in [-0.2, 0) is 4.79 Å². The van der Waals surface area contributed by atoms with Gasteiger partial charge in [0.1, 0.15) is 18.1 Å². The monoisotopic (exact) mass is 539 g/mol. The highest BCUT2D eigenvalue weighted by Crippen LogP contribution is 2.38. The average Bonchev–Trinajstić information content (AvgIpc) is 2.91. The third-order valence-corrected chi connectivity index (χ3v) is 6.27. The van der Waals surface area contributed by atoms with Crippen molar-refractivity contribution in [2.45, 2.75) is 13.8 Å². The van der Waals surface area contributed by atoms with Gasteiger partial charge in [0.05, 0.1) is 23.0 Å². The molecule has 29 heavy (non-hydrogen) atoms. The molecule has 0 unspecified atom stereocenters. The Hall–Kier alpha value is -1.77. The van der Waals surface area contributed by atoms with E-state index in [9.17, 15) is 9.59 Å². The van der Waals surface area contributed by atoms with E-state index in [0.29, 0.717) is 16.2 Å². The zero-order valence-corrected chi connectivity index (χ0v) is 20.1. The van der Waals surface area contributed by atoms with Gasteiger partial charge in [-0.2, -0.15) is 0 Å². The van der Waals surface area contributed by atoms with Crippen LogP contribution in [-0.4, -0.2) is 36.3 Å². The Morgan fingerprint density at radius 3 is 2.62 bits per heavy atom. The maximum absolute atomic E-state index is 12.7. The van der Waals surface area contributed by atoms with Gasteiger partial charge < -0.3 is 9.47 Å². The lowest BCUT2D eigenvalue weighted by Crippen LogP contribution is -2.32. The molecule has 3 rings (SSSR count). The van der Waals surface area contributed by atoms with Gasteiger partial charge in [0.2, 0.25) is 0 Å². The molecule has 5 nitrogen and oxygen atoms in total. The van der Waals surface area contributed by atoms with Crippen LogP contribution < -0.4 is 9.47 Å². The van der Waals surface area contributed by atoms with Crippen LogP contribution in [0.5, 0.6) is 11.5 Å². The smallest absolute Gasteiger partial charge is 0.293 e. The number of amides is 2. The van der Waals surface area contributed by atoms with Gasteiger partial charge in [0, 0.05) is 10.0 Å². The first-order valence-corrected chi connectivity index (χ1v) is 11.2. The third-order valence-electron chi connectivity index (χ3n) is 4.32. The molecule has 0 saturated carbocycles. The Labute approximate surface area is 190 Å². The highest BCUT2D eigenvalue weighted by atomic mass is 79.9. The van der Waals surface area contributed by atoms with Crippen LogP contribution in [0.25, 0.3) is 6.08 Å². The van der Waals surface area contributed by atoms with Crippen molar-refractivity contribution in [2.75, 3.05) is 20.3 Å². The molecular formula is C21H19Br2NO4S. The van der Waals surface area contributed by atoms with Crippen LogP contribution >= 0.6 is 43.6 Å². The van der Waals surface area contributed by atoms with Crippen molar-refractivity contribution in [3.8, 4) is 11.5 Å². The fourth-order valence-electron chi connectivity index (χ4n) is 2.85. The average molecular weight is 541 g/mol. The van der Waals surface area contributed by atoms with Crippen molar-refractivity contribution in [3.05, 3.63) is 60.9 Å². The summed E-state index contributed by atoms with van der Waals surface area (Å²) >= 11 is 7.79. The van der Waals surface area contributed by atoms with Gasteiger partial charge in [-0.3, -0.25) is 14.5 Å². The van der Waals surface area contributed by atoms with Crippen LogP contribution in [0.3, 0.4) is 0 Å². The molecule has 152 valence electrons. The number of carbonyl (C=O) groups is 2. The Morgan fingerprint density at radius 2 is 1.90 bits per heavy atom. The lowest BCUT2D eigenvalue weighted by atomic mass is 10.1. The lowest BCUT2D eigenvalue weighted by Gasteiger charge is -2.14. The highest BCUT2D eigenvalue weighted by Gasteiger charge is 2.35. The third kappa shape index (κ3) is 5.05. The number of rotatable bonds is 6. The summed E-state index contributed by atoms with van der Waals surface area (Å²) in [6.45, 7) is 4.37. The molecule has 1 aliphatic heterocycles.